The van der Waals surface area contributed by atoms with Crippen LogP contribution >= 0.6 is 0 Å². The monoisotopic (exact) mass is 226 g/mol. The van der Waals surface area contributed by atoms with Crippen molar-refractivity contribution in [1.29, 1.82) is 0 Å². The second-order valence-corrected chi connectivity index (χ2v) is 1.15. The first-order valence-electron chi connectivity index (χ1n) is 2.79. The zero-order valence-corrected chi connectivity index (χ0v) is 12.6. The molecule has 5 N–H and O–H groups in total. The van der Waals surface area contributed by atoms with Gasteiger partial charge in [0.15, 0.2) is 0 Å². The van der Waals surface area contributed by atoms with Crippen LogP contribution in [0.3, 0.4) is 0 Å². The van der Waals surface area contributed by atoms with E-state index in [0.717, 1.165) is 7.11 Å². The normalized spacial score (nSPS) is 5.71. The number of carboxylic acids is 2. The van der Waals surface area contributed by atoms with E-state index in [4.69, 9.17) is 24.9 Å². The molecule has 0 heterocycles. The van der Waals surface area contributed by atoms with E-state index in [0.29, 0.717) is 0 Å². The van der Waals surface area contributed by atoms with Crippen LogP contribution in [0.5, 0.6) is 0 Å². The fourth-order valence-corrected chi connectivity index (χ4v) is 0. The molecule has 0 aromatic rings. The molecule has 0 radical (unpaired) electrons. The molecule has 0 saturated heterocycles. The molecule has 14 heavy (non-hydrogen) atoms. The Labute approximate surface area is 126 Å². The maximum Gasteiger partial charge on any atom is 1.00 e. The van der Waals surface area contributed by atoms with Crippen LogP contribution in [-0.4, -0.2) is 37.2 Å². The SMILES string of the molecule is CO.NCC(=O)[O-].NCC(=O)[O-].[Na+].[Na+]. The minimum absolute atomic E-state index is 0. The van der Waals surface area contributed by atoms with Crippen molar-refractivity contribution in [1.82, 2.24) is 0 Å². The van der Waals surface area contributed by atoms with Gasteiger partial charge in [-0.1, -0.05) is 0 Å². The standard InChI is InChI=1S/2C2H5NO2.CH4O.2Na/c2*3-1-2(4)5;1-2;;/h2*1,3H2,(H,4,5);2H,1H3;;/q;;;2*+1/p-2. The fourth-order valence-electron chi connectivity index (χ4n) is 0. The van der Waals surface area contributed by atoms with Crippen LogP contribution in [0.25, 0.3) is 0 Å². The molecular formula is C5H12N2Na2O5. The van der Waals surface area contributed by atoms with Crippen LogP contribution in [-0.2, 0) is 9.59 Å². The molecule has 0 aromatic heterocycles. The molecule has 9 heteroatoms. The van der Waals surface area contributed by atoms with Crippen LogP contribution in [0, 0.1) is 0 Å². The number of aliphatic hydroxyl groups is 1. The predicted molar refractivity (Wildman–Crippen MR) is 36.3 cm³/mol. The van der Waals surface area contributed by atoms with Crippen LogP contribution in [0.4, 0.5) is 0 Å². The first-order chi connectivity index (χ1) is 5.54. The summed E-state index contributed by atoms with van der Waals surface area (Å²) in [5.74, 6) is -2.44. The van der Waals surface area contributed by atoms with E-state index in [-0.39, 0.29) is 72.2 Å². The van der Waals surface area contributed by atoms with Crippen LogP contribution in [0.1, 0.15) is 0 Å². The maximum atomic E-state index is 9.13. The molecule has 0 saturated carbocycles. The third kappa shape index (κ3) is 77.1. The Morgan fingerprint density at radius 3 is 1.07 bits per heavy atom. The van der Waals surface area contributed by atoms with E-state index in [9.17, 15) is 0 Å². The van der Waals surface area contributed by atoms with E-state index in [1.807, 2.05) is 0 Å². The number of carboxylic acid groups (broad SMARTS) is 2. The summed E-state index contributed by atoms with van der Waals surface area (Å²) in [5, 5.41) is 25.3. The molecule has 0 spiro atoms. The summed E-state index contributed by atoms with van der Waals surface area (Å²) in [4.78, 5) is 18.3. The summed E-state index contributed by atoms with van der Waals surface area (Å²) < 4.78 is 0. The summed E-state index contributed by atoms with van der Waals surface area (Å²) in [6.45, 7) is -0.778. The summed E-state index contributed by atoms with van der Waals surface area (Å²) in [5.41, 5.74) is 9.02. The van der Waals surface area contributed by atoms with Crippen molar-refractivity contribution in [3.05, 3.63) is 0 Å². The third-order valence-electron chi connectivity index (χ3n) is 0.333. The van der Waals surface area contributed by atoms with Gasteiger partial charge in [-0.05, 0) is 0 Å². The Morgan fingerprint density at radius 2 is 1.07 bits per heavy atom. The molecular weight excluding hydrogens is 214 g/mol. The number of nitrogens with two attached hydrogens (primary N) is 2. The van der Waals surface area contributed by atoms with E-state index in [1.54, 1.807) is 0 Å². The van der Waals surface area contributed by atoms with Crippen molar-refractivity contribution in [2.75, 3.05) is 20.2 Å². The number of aliphatic hydroxyl groups excluding tert-OH is 1. The molecule has 7 nitrogen and oxygen atoms in total. The van der Waals surface area contributed by atoms with Crippen molar-refractivity contribution < 1.29 is 84.0 Å². The Morgan fingerprint density at radius 1 is 1.00 bits per heavy atom. The van der Waals surface area contributed by atoms with Crippen molar-refractivity contribution in [2.45, 2.75) is 0 Å². The fraction of sp³-hybridized carbons (Fsp3) is 0.600. The molecule has 0 amide bonds. The third-order valence-corrected chi connectivity index (χ3v) is 0.333. The molecule has 0 aliphatic carbocycles. The van der Waals surface area contributed by atoms with E-state index in [2.05, 4.69) is 11.5 Å². The number of rotatable bonds is 2. The molecule has 0 atom stereocenters. The molecule has 0 aromatic carbocycles. The van der Waals surface area contributed by atoms with Gasteiger partial charge >= 0.3 is 59.1 Å². The Kier molecular flexibility index (Phi) is 61.2. The molecule has 0 fully saturated rings. The van der Waals surface area contributed by atoms with Gasteiger partial charge in [0, 0.05) is 20.2 Å². The summed E-state index contributed by atoms with van der Waals surface area (Å²) in [7, 11) is 1.00. The van der Waals surface area contributed by atoms with Crippen molar-refractivity contribution in [2.24, 2.45) is 11.5 Å². The predicted octanol–water partition coefficient (Wildman–Crippen LogP) is -11.0. The van der Waals surface area contributed by atoms with Gasteiger partial charge in [-0.25, -0.2) is 0 Å². The quantitative estimate of drug-likeness (QED) is 0.395. The second kappa shape index (κ2) is 29.2. The first kappa shape index (κ1) is 29.4. The van der Waals surface area contributed by atoms with E-state index >= 15 is 0 Å². The molecule has 0 aliphatic heterocycles. The van der Waals surface area contributed by atoms with Gasteiger partial charge in [-0.15, -0.1) is 0 Å². The smallest absolute Gasteiger partial charge is 0.549 e. The number of aliphatic carboxylic acids is 2. The van der Waals surface area contributed by atoms with E-state index < -0.39 is 11.9 Å². The van der Waals surface area contributed by atoms with Gasteiger partial charge in [0.1, 0.15) is 0 Å². The van der Waals surface area contributed by atoms with Crippen molar-refractivity contribution in [3.8, 4) is 0 Å². The van der Waals surface area contributed by atoms with Gasteiger partial charge in [-0.2, -0.15) is 0 Å². The van der Waals surface area contributed by atoms with Gasteiger partial charge in [0.2, 0.25) is 0 Å². The average Bonchev–Trinajstić information content (AvgIpc) is 2.09. The number of carbonyl (C=O) groups is 2. The maximum absolute atomic E-state index is 9.13. The number of carbonyl (C=O) groups excluding carboxylic acids is 2. The minimum Gasteiger partial charge on any atom is -0.549 e. The van der Waals surface area contributed by atoms with Crippen molar-refractivity contribution >= 4 is 11.9 Å². The Balaban J connectivity index is -0.0000000292. The van der Waals surface area contributed by atoms with Gasteiger partial charge in [0.05, 0.1) is 11.9 Å². The first-order valence-corrected chi connectivity index (χ1v) is 2.79. The van der Waals surface area contributed by atoms with Crippen LogP contribution < -0.4 is 80.8 Å². The zero-order valence-electron chi connectivity index (χ0n) is 8.65. The zero-order chi connectivity index (χ0) is 10.6. The molecule has 74 valence electrons. The molecule has 0 rings (SSSR count). The van der Waals surface area contributed by atoms with E-state index in [1.165, 1.54) is 0 Å². The molecule has 0 aliphatic rings. The number of hydrogen-bond donors (Lipinski definition) is 3. The van der Waals surface area contributed by atoms with Gasteiger partial charge in [0.25, 0.3) is 0 Å². The van der Waals surface area contributed by atoms with Gasteiger partial charge in [-0.3, -0.25) is 0 Å². The Bertz CT molecular complexity index is 111. The largest absolute Gasteiger partial charge is 1.00 e. The number of hydrogen-bond acceptors (Lipinski definition) is 7. The van der Waals surface area contributed by atoms with Crippen LogP contribution in [0.2, 0.25) is 0 Å². The summed E-state index contributed by atoms with van der Waals surface area (Å²) in [6, 6.07) is 0. The minimum atomic E-state index is -1.22. The second-order valence-electron chi connectivity index (χ2n) is 1.15. The Hall–Kier alpha value is 0.820. The summed E-state index contributed by atoms with van der Waals surface area (Å²) in [6.07, 6.45) is 0. The van der Waals surface area contributed by atoms with Crippen molar-refractivity contribution in [3.63, 3.8) is 0 Å². The van der Waals surface area contributed by atoms with Gasteiger partial charge < -0.3 is 36.4 Å². The average molecular weight is 226 g/mol. The molecule has 0 bridgehead atoms. The molecule has 0 unspecified atom stereocenters. The topological polar surface area (TPSA) is 153 Å². The van der Waals surface area contributed by atoms with Crippen LogP contribution in [0.15, 0.2) is 0 Å². The summed E-state index contributed by atoms with van der Waals surface area (Å²) >= 11 is 0.